The minimum Gasteiger partial charge on any atom is -0.423 e. The maximum Gasteiger partial charge on any atom is 0.489 e. The fourth-order valence-corrected chi connectivity index (χ4v) is 3.39. The summed E-state index contributed by atoms with van der Waals surface area (Å²) in [7, 11) is -2.96. The standard InChI is InChI=1S/2C8H7BN2O2S.Mo/c2*12-9(13)7-4-2-1-3-6(7)8-5-14-11-10-8;/h2*1-5,12-13H;. The van der Waals surface area contributed by atoms with E-state index < -0.39 is 14.2 Å². The number of hydrogen-bond donors (Lipinski definition) is 4. The molecule has 0 atom stereocenters. The van der Waals surface area contributed by atoms with Gasteiger partial charge in [-0.3, -0.25) is 0 Å². The second-order valence-electron chi connectivity index (χ2n) is 5.50. The van der Waals surface area contributed by atoms with Crippen molar-refractivity contribution in [2.45, 2.75) is 0 Å². The van der Waals surface area contributed by atoms with Crippen molar-refractivity contribution in [3.8, 4) is 22.5 Å². The topological polar surface area (TPSA) is 132 Å². The zero-order valence-corrected chi connectivity index (χ0v) is 18.4. The first-order chi connectivity index (χ1) is 13.6. The third-order valence-electron chi connectivity index (χ3n) is 3.75. The van der Waals surface area contributed by atoms with Crippen LogP contribution in [-0.4, -0.2) is 53.5 Å². The molecule has 0 fully saturated rings. The van der Waals surface area contributed by atoms with Crippen LogP contribution >= 0.6 is 23.1 Å². The Kier molecular flexibility index (Phi) is 9.25. The first kappa shape index (κ1) is 23.5. The zero-order chi connectivity index (χ0) is 19.9. The van der Waals surface area contributed by atoms with Crippen LogP contribution in [0.4, 0.5) is 0 Å². The molecule has 2 heterocycles. The molecule has 146 valence electrons. The van der Waals surface area contributed by atoms with Crippen molar-refractivity contribution in [3.05, 3.63) is 59.3 Å². The molecule has 4 N–H and O–H groups in total. The van der Waals surface area contributed by atoms with E-state index in [0.29, 0.717) is 33.4 Å². The van der Waals surface area contributed by atoms with Crippen molar-refractivity contribution in [3.63, 3.8) is 0 Å². The molecule has 0 saturated heterocycles. The van der Waals surface area contributed by atoms with Gasteiger partial charge in [0.1, 0.15) is 11.4 Å². The number of hydrogen-bond acceptors (Lipinski definition) is 10. The molecule has 0 amide bonds. The first-order valence-corrected chi connectivity index (χ1v) is 9.70. The second kappa shape index (κ2) is 11.4. The molecule has 0 bridgehead atoms. The van der Waals surface area contributed by atoms with E-state index in [0.717, 1.165) is 0 Å². The van der Waals surface area contributed by atoms with Gasteiger partial charge in [-0.15, -0.1) is 10.2 Å². The van der Waals surface area contributed by atoms with Crippen LogP contribution in [0.25, 0.3) is 22.5 Å². The molecule has 13 heteroatoms. The maximum absolute atomic E-state index is 9.11. The fraction of sp³-hybridized carbons (Fsp3) is 0. The largest absolute Gasteiger partial charge is 0.489 e. The molecule has 0 aliphatic heterocycles. The third kappa shape index (κ3) is 6.10. The summed E-state index contributed by atoms with van der Waals surface area (Å²) in [6, 6.07) is 14.0. The SMILES string of the molecule is OB(O)c1ccccc1-c1csnn1.OB(O)c1ccccc1-c1csnn1.[Mo]. The van der Waals surface area contributed by atoms with Crippen LogP contribution in [0.3, 0.4) is 0 Å². The van der Waals surface area contributed by atoms with Crippen molar-refractivity contribution in [2.24, 2.45) is 0 Å². The summed E-state index contributed by atoms with van der Waals surface area (Å²) in [5.41, 5.74) is 3.63. The summed E-state index contributed by atoms with van der Waals surface area (Å²) in [6.07, 6.45) is 0. The Morgan fingerprint density at radius 1 is 0.621 bits per heavy atom. The van der Waals surface area contributed by atoms with Gasteiger partial charge in [0.05, 0.1) is 0 Å². The van der Waals surface area contributed by atoms with Crippen LogP contribution in [0.5, 0.6) is 0 Å². The quantitative estimate of drug-likeness (QED) is 0.278. The second-order valence-corrected chi connectivity index (χ2v) is 6.72. The molecular formula is C16H14B2MoN4O4S2. The van der Waals surface area contributed by atoms with Crippen molar-refractivity contribution in [1.29, 1.82) is 0 Å². The third-order valence-corrected chi connectivity index (χ3v) is 4.76. The van der Waals surface area contributed by atoms with Gasteiger partial charge < -0.3 is 20.1 Å². The van der Waals surface area contributed by atoms with E-state index in [9.17, 15) is 0 Å². The van der Waals surface area contributed by atoms with Crippen molar-refractivity contribution >= 4 is 48.2 Å². The number of rotatable bonds is 4. The molecule has 0 aliphatic carbocycles. The summed E-state index contributed by atoms with van der Waals surface area (Å²) < 4.78 is 7.45. The van der Waals surface area contributed by atoms with Gasteiger partial charge in [-0.05, 0) is 34.0 Å². The van der Waals surface area contributed by atoms with Crippen LogP contribution in [0.1, 0.15) is 0 Å². The summed E-state index contributed by atoms with van der Waals surface area (Å²) in [5, 5.41) is 47.7. The van der Waals surface area contributed by atoms with Crippen LogP contribution in [0.2, 0.25) is 0 Å². The molecule has 2 aromatic carbocycles. The van der Waals surface area contributed by atoms with E-state index in [2.05, 4.69) is 19.2 Å². The van der Waals surface area contributed by atoms with Crippen molar-refractivity contribution in [1.82, 2.24) is 19.2 Å². The molecule has 0 radical (unpaired) electrons. The van der Waals surface area contributed by atoms with Gasteiger partial charge in [0.2, 0.25) is 0 Å². The molecule has 0 spiro atoms. The van der Waals surface area contributed by atoms with Gasteiger partial charge in [-0.25, -0.2) is 0 Å². The van der Waals surface area contributed by atoms with Gasteiger partial charge >= 0.3 is 14.2 Å². The Bertz CT molecular complexity index is 926. The van der Waals surface area contributed by atoms with E-state index in [1.165, 1.54) is 23.1 Å². The molecule has 0 saturated carbocycles. The Balaban J connectivity index is 0.000000200. The van der Waals surface area contributed by atoms with Gasteiger partial charge in [0.15, 0.2) is 0 Å². The van der Waals surface area contributed by atoms with Crippen molar-refractivity contribution < 1.29 is 41.2 Å². The van der Waals surface area contributed by atoms with Gasteiger partial charge in [0, 0.05) is 43.0 Å². The average Bonchev–Trinajstić information content (AvgIpc) is 3.42. The monoisotopic (exact) mass is 510 g/mol. The van der Waals surface area contributed by atoms with Crippen LogP contribution in [0.15, 0.2) is 59.3 Å². The van der Waals surface area contributed by atoms with Gasteiger partial charge in [-0.2, -0.15) is 0 Å². The predicted molar refractivity (Wildman–Crippen MR) is 110 cm³/mol. The average molecular weight is 508 g/mol. The number of benzene rings is 2. The van der Waals surface area contributed by atoms with Crippen LogP contribution < -0.4 is 10.9 Å². The smallest absolute Gasteiger partial charge is 0.423 e. The molecule has 8 nitrogen and oxygen atoms in total. The predicted octanol–water partition coefficient (Wildman–Crippen LogP) is -0.233. The summed E-state index contributed by atoms with van der Waals surface area (Å²) in [6.45, 7) is 0. The zero-order valence-electron chi connectivity index (χ0n) is 14.7. The van der Waals surface area contributed by atoms with E-state index in [-0.39, 0.29) is 21.1 Å². The Hall–Kier alpha value is -1.78. The summed E-state index contributed by atoms with van der Waals surface area (Å²) >= 11 is 2.46. The molecule has 29 heavy (non-hydrogen) atoms. The van der Waals surface area contributed by atoms with E-state index >= 15 is 0 Å². The minimum atomic E-state index is -1.48. The van der Waals surface area contributed by atoms with Crippen LogP contribution in [-0.2, 0) is 21.1 Å². The Labute approximate surface area is 189 Å². The number of aromatic nitrogens is 4. The Morgan fingerprint density at radius 3 is 1.31 bits per heavy atom. The summed E-state index contributed by atoms with van der Waals surface area (Å²) in [4.78, 5) is 0. The van der Waals surface area contributed by atoms with E-state index in [4.69, 9.17) is 20.1 Å². The molecule has 0 unspecified atom stereocenters. The van der Waals surface area contributed by atoms with Crippen LogP contribution in [0, 0.1) is 0 Å². The fourth-order valence-electron chi connectivity index (χ4n) is 2.47. The minimum absolute atomic E-state index is 0. The first-order valence-electron chi connectivity index (χ1n) is 8.03. The molecule has 2 aromatic heterocycles. The molecular weight excluding hydrogens is 494 g/mol. The van der Waals surface area contributed by atoms with Crippen molar-refractivity contribution in [2.75, 3.05) is 0 Å². The molecule has 4 aromatic rings. The Morgan fingerprint density at radius 2 is 1.00 bits per heavy atom. The molecule has 4 rings (SSSR count). The maximum atomic E-state index is 9.11. The van der Waals surface area contributed by atoms with E-state index in [1.54, 1.807) is 47.2 Å². The number of nitrogens with zero attached hydrogens (tertiary/aromatic N) is 4. The van der Waals surface area contributed by atoms with Gasteiger partial charge in [-0.1, -0.05) is 57.5 Å². The van der Waals surface area contributed by atoms with E-state index in [1.807, 2.05) is 12.1 Å². The summed E-state index contributed by atoms with van der Waals surface area (Å²) in [5.74, 6) is 0. The van der Waals surface area contributed by atoms with Gasteiger partial charge in [0.25, 0.3) is 0 Å². The normalized spacial score (nSPS) is 9.79. The molecule has 0 aliphatic rings.